The van der Waals surface area contributed by atoms with E-state index >= 15 is 0 Å². The Morgan fingerprint density at radius 1 is 1.18 bits per heavy atom. The van der Waals surface area contributed by atoms with Crippen molar-refractivity contribution in [2.24, 2.45) is 11.7 Å². The highest BCUT2D eigenvalue weighted by Gasteiger charge is 2.26. The van der Waals surface area contributed by atoms with Gasteiger partial charge in [-0.2, -0.15) is 5.10 Å². The Balaban J connectivity index is 2.31. The van der Waals surface area contributed by atoms with E-state index in [1.807, 2.05) is 0 Å². The molecule has 0 amide bonds. The Labute approximate surface area is 104 Å². The van der Waals surface area contributed by atoms with Gasteiger partial charge in [0.1, 0.15) is 0 Å². The second kappa shape index (κ2) is 5.21. The summed E-state index contributed by atoms with van der Waals surface area (Å²) < 4.78 is 2.26. The van der Waals surface area contributed by atoms with Gasteiger partial charge in [0.2, 0.25) is 0 Å². The summed E-state index contributed by atoms with van der Waals surface area (Å²) in [6.45, 7) is 7.26. The first-order chi connectivity index (χ1) is 8.15. The zero-order valence-corrected chi connectivity index (χ0v) is 11.4. The molecular formula is C14H25N3. The molecular weight excluding hydrogens is 210 g/mol. The number of aryl methyl sites for hydroxylation is 1. The van der Waals surface area contributed by atoms with E-state index in [0.717, 1.165) is 6.54 Å². The van der Waals surface area contributed by atoms with Crippen molar-refractivity contribution in [1.82, 2.24) is 9.78 Å². The van der Waals surface area contributed by atoms with E-state index in [4.69, 9.17) is 10.8 Å². The molecule has 2 rings (SSSR count). The molecule has 17 heavy (non-hydrogen) atoms. The molecule has 3 nitrogen and oxygen atoms in total. The lowest BCUT2D eigenvalue weighted by Crippen LogP contribution is -2.27. The zero-order chi connectivity index (χ0) is 12.4. The van der Waals surface area contributed by atoms with Crippen molar-refractivity contribution in [3.05, 3.63) is 17.0 Å². The largest absolute Gasteiger partial charge is 0.330 e. The van der Waals surface area contributed by atoms with Gasteiger partial charge in [0, 0.05) is 5.69 Å². The van der Waals surface area contributed by atoms with Gasteiger partial charge >= 0.3 is 0 Å². The van der Waals surface area contributed by atoms with Gasteiger partial charge in [-0.1, -0.05) is 19.3 Å². The standard InChI is InChI=1S/C14H25N3/c1-10-11(2)16-17(12(10)3)14-8-6-4-5-7-13(14)9-15/h13-14H,4-9,15H2,1-3H3. The minimum Gasteiger partial charge on any atom is -0.330 e. The molecule has 0 radical (unpaired) electrons. The SMILES string of the molecule is Cc1nn(C2CCCCCC2CN)c(C)c1C. The quantitative estimate of drug-likeness (QED) is 0.801. The zero-order valence-electron chi connectivity index (χ0n) is 11.4. The van der Waals surface area contributed by atoms with Gasteiger partial charge in [0.25, 0.3) is 0 Å². The van der Waals surface area contributed by atoms with E-state index in [-0.39, 0.29) is 0 Å². The fourth-order valence-electron chi connectivity index (χ4n) is 3.03. The van der Waals surface area contributed by atoms with Gasteiger partial charge in [-0.25, -0.2) is 0 Å². The fraction of sp³-hybridized carbons (Fsp3) is 0.786. The van der Waals surface area contributed by atoms with Gasteiger partial charge in [-0.3, -0.25) is 4.68 Å². The highest BCUT2D eigenvalue weighted by atomic mass is 15.3. The first kappa shape index (κ1) is 12.6. The molecule has 2 atom stereocenters. The van der Waals surface area contributed by atoms with Crippen LogP contribution < -0.4 is 5.73 Å². The van der Waals surface area contributed by atoms with Crippen LogP contribution in [0.2, 0.25) is 0 Å². The van der Waals surface area contributed by atoms with Gasteiger partial charge in [0.05, 0.1) is 11.7 Å². The Morgan fingerprint density at radius 2 is 1.88 bits per heavy atom. The Kier molecular flexibility index (Phi) is 3.87. The molecule has 1 fully saturated rings. The lowest BCUT2D eigenvalue weighted by atomic mass is 9.95. The third kappa shape index (κ3) is 2.39. The average molecular weight is 235 g/mol. The predicted molar refractivity (Wildman–Crippen MR) is 71.1 cm³/mol. The topological polar surface area (TPSA) is 43.8 Å². The molecule has 1 heterocycles. The molecule has 1 aromatic rings. The maximum atomic E-state index is 5.95. The number of aromatic nitrogens is 2. The van der Waals surface area contributed by atoms with Crippen molar-refractivity contribution >= 4 is 0 Å². The summed E-state index contributed by atoms with van der Waals surface area (Å²) >= 11 is 0. The maximum Gasteiger partial charge on any atom is 0.0625 e. The van der Waals surface area contributed by atoms with E-state index in [9.17, 15) is 0 Å². The molecule has 0 spiro atoms. The second-order valence-corrected chi connectivity index (χ2v) is 5.44. The predicted octanol–water partition coefficient (Wildman–Crippen LogP) is 2.89. The molecule has 1 aliphatic carbocycles. The summed E-state index contributed by atoms with van der Waals surface area (Å²) in [6.07, 6.45) is 6.50. The third-order valence-corrected chi connectivity index (χ3v) is 4.42. The molecule has 1 aromatic heterocycles. The summed E-state index contributed by atoms with van der Waals surface area (Å²) in [5, 5.41) is 4.73. The highest BCUT2D eigenvalue weighted by molar-refractivity contribution is 5.22. The molecule has 2 N–H and O–H groups in total. The van der Waals surface area contributed by atoms with Crippen molar-refractivity contribution in [3.8, 4) is 0 Å². The van der Waals surface area contributed by atoms with Gasteiger partial charge in [0.15, 0.2) is 0 Å². The smallest absolute Gasteiger partial charge is 0.0625 e. The number of hydrogen-bond acceptors (Lipinski definition) is 2. The first-order valence-electron chi connectivity index (χ1n) is 6.87. The lowest BCUT2D eigenvalue weighted by Gasteiger charge is -2.25. The van der Waals surface area contributed by atoms with Crippen LogP contribution in [0.4, 0.5) is 0 Å². The normalized spacial score (nSPS) is 25.9. The molecule has 96 valence electrons. The van der Waals surface area contributed by atoms with Gasteiger partial charge in [-0.15, -0.1) is 0 Å². The van der Waals surface area contributed by atoms with Crippen molar-refractivity contribution in [3.63, 3.8) is 0 Å². The molecule has 2 unspecified atom stereocenters. The molecule has 0 saturated heterocycles. The summed E-state index contributed by atoms with van der Waals surface area (Å²) in [7, 11) is 0. The number of hydrogen-bond donors (Lipinski definition) is 1. The molecule has 0 aromatic carbocycles. The van der Waals surface area contributed by atoms with E-state index < -0.39 is 0 Å². The molecule has 0 aliphatic heterocycles. The van der Waals surface area contributed by atoms with Gasteiger partial charge < -0.3 is 5.73 Å². The van der Waals surface area contributed by atoms with Crippen LogP contribution >= 0.6 is 0 Å². The van der Waals surface area contributed by atoms with E-state index in [0.29, 0.717) is 12.0 Å². The Bertz CT molecular complexity index is 381. The fourth-order valence-corrected chi connectivity index (χ4v) is 3.03. The molecule has 0 bridgehead atoms. The van der Waals surface area contributed by atoms with Crippen molar-refractivity contribution in [2.75, 3.05) is 6.54 Å². The molecule has 1 aliphatic rings. The summed E-state index contributed by atoms with van der Waals surface area (Å²) in [6, 6.07) is 0.523. The van der Waals surface area contributed by atoms with Crippen LogP contribution in [0.1, 0.15) is 55.1 Å². The Morgan fingerprint density at radius 3 is 2.47 bits per heavy atom. The summed E-state index contributed by atoms with van der Waals surface area (Å²) in [5.41, 5.74) is 9.79. The second-order valence-electron chi connectivity index (χ2n) is 5.44. The van der Waals surface area contributed by atoms with Crippen molar-refractivity contribution in [2.45, 2.75) is 58.9 Å². The number of rotatable bonds is 2. The van der Waals surface area contributed by atoms with Gasteiger partial charge in [-0.05, 0) is 51.6 Å². The van der Waals surface area contributed by atoms with E-state index in [1.165, 1.54) is 49.1 Å². The van der Waals surface area contributed by atoms with E-state index in [2.05, 4.69) is 25.5 Å². The van der Waals surface area contributed by atoms with Crippen LogP contribution in [-0.4, -0.2) is 16.3 Å². The van der Waals surface area contributed by atoms with Crippen LogP contribution in [0.25, 0.3) is 0 Å². The van der Waals surface area contributed by atoms with Crippen molar-refractivity contribution in [1.29, 1.82) is 0 Å². The number of nitrogens with two attached hydrogens (primary N) is 1. The monoisotopic (exact) mass is 235 g/mol. The minimum absolute atomic E-state index is 0.523. The first-order valence-corrected chi connectivity index (χ1v) is 6.87. The Hall–Kier alpha value is -0.830. The van der Waals surface area contributed by atoms with Crippen LogP contribution in [-0.2, 0) is 0 Å². The lowest BCUT2D eigenvalue weighted by molar-refractivity contribution is 0.289. The average Bonchev–Trinajstić information content (AvgIpc) is 2.55. The van der Waals surface area contributed by atoms with Crippen LogP contribution in [0.15, 0.2) is 0 Å². The molecule has 3 heteroatoms. The minimum atomic E-state index is 0.523. The van der Waals surface area contributed by atoms with Crippen LogP contribution in [0, 0.1) is 26.7 Å². The number of nitrogens with zero attached hydrogens (tertiary/aromatic N) is 2. The van der Waals surface area contributed by atoms with Crippen LogP contribution in [0.3, 0.4) is 0 Å². The molecule has 1 saturated carbocycles. The summed E-state index contributed by atoms with van der Waals surface area (Å²) in [4.78, 5) is 0. The van der Waals surface area contributed by atoms with Crippen LogP contribution in [0.5, 0.6) is 0 Å². The third-order valence-electron chi connectivity index (χ3n) is 4.42. The maximum absolute atomic E-state index is 5.95. The van der Waals surface area contributed by atoms with E-state index in [1.54, 1.807) is 0 Å². The van der Waals surface area contributed by atoms with Crippen molar-refractivity contribution < 1.29 is 0 Å². The highest BCUT2D eigenvalue weighted by Crippen LogP contribution is 2.33. The summed E-state index contributed by atoms with van der Waals surface area (Å²) in [5.74, 6) is 0.606.